The van der Waals surface area contributed by atoms with Crippen LogP contribution in [-0.2, 0) is 16.8 Å². The number of hydrazone groups is 1. The van der Waals surface area contributed by atoms with Gasteiger partial charge < -0.3 is 14.4 Å². The zero-order valence-corrected chi connectivity index (χ0v) is 13.9. The minimum atomic E-state index is -0.149. The molecule has 0 aromatic heterocycles. The predicted octanol–water partition coefficient (Wildman–Crippen LogP) is 1.59. The number of benzene rings is 1. The highest BCUT2D eigenvalue weighted by molar-refractivity contribution is 5.97. The fraction of sp³-hybridized carbons (Fsp3) is 0.444. The summed E-state index contributed by atoms with van der Waals surface area (Å²) in [5.41, 5.74) is 5.61. The quantitative estimate of drug-likeness (QED) is 0.676. The lowest BCUT2D eigenvalue weighted by molar-refractivity contribution is -0.109. The molecule has 1 aliphatic carbocycles. The van der Waals surface area contributed by atoms with E-state index in [-0.39, 0.29) is 11.5 Å². The van der Waals surface area contributed by atoms with Gasteiger partial charge in [-0.2, -0.15) is 5.10 Å². The van der Waals surface area contributed by atoms with Crippen LogP contribution in [0.25, 0.3) is 0 Å². The molecule has 126 valence electrons. The van der Waals surface area contributed by atoms with Crippen LogP contribution in [0.3, 0.4) is 0 Å². The number of nitrogens with one attached hydrogen (secondary N) is 1. The van der Waals surface area contributed by atoms with Gasteiger partial charge in [-0.25, -0.2) is 5.43 Å². The maximum absolute atomic E-state index is 10.5. The third-order valence-corrected chi connectivity index (χ3v) is 5.30. The summed E-state index contributed by atoms with van der Waals surface area (Å²) in [4.78, 5) is 12.8. The third-order valence-electron chi connectivity index (χ3n) is 5.30. The first-order chi connectivity index (χ1) is 11.7. The van der Waals surface area contributed by atoms with Gasteiger partial charge in [0.2, 0.25) is 6.41 Å². The fourth-order valence-corrected chi connectivity index (χ4v) is 4.16. The number of ether oxygens (including phenoxy) is 2. The van der Waals surface area contributed by atoms with Crippen LogP contribution in [0.1, 0.15) is 24.0 Å². The molecule has 4 rings (SSSR count). The third kappa shape index (κ3) is 2.13. The van der Waals surface area contributed by atoms with Gasteiger partial charge in [0, 0.05) is 18.5 Å². The maximum atomic E-state index is 10.5. The van der Waals surface area contributed by atoms with Gasteiger partial charge in [0.15, 0.2) is 11.5 Å². The molecule has 24 heavy (non-hydrogen) atoms. The normalized spacial score (nSPS) is 29.4. The van der Waals surface area contributed by atoms with Crippen molar-refractivity contribution in [3.63, 3.8) is 0 Å². The second kappa shape index (κ2) is 5.63. The Morgan fingerprint density at radius 2 is 2.38 bits per heavy atom. The van der Waals surface area contributed by atoms with Crippen molar-refractivity contribution in [2.24, 2.45) is 5.10 Å². The molecule has 0 radical (unpaired) electrons. The average molecular weight is 327 g/mol. The van der Waals surface area contributed by atoms with Crippen molar-refractivity contribution in [3.05, 3.63) is 35.4 Å². The lowest BCUT2D eigenvalue weighted by atomic mass is 9.69. The minimum absolute atomic E-state index is 0.0220. The Morgan fingerprint density at radius 1 is 1.50 bits per heavy atom. The molecule has 6 heteroatoms. The van der Waals surface area contributed by atoms with Crippen LogP contribution in [0, 0.1) is 0 Å². The van der Waals surface area contributed by atoms with Gasteiger partial charge in [0.1, 0.15) is 6.10 Å². The number of nitrogens with zero attached hydrogens (tertiary/aromatic N) is 2. The van der Waals surface area contributed by atoms with Gasteiger partial charge in [0.05, 0.1) is 18.2 Å². The monoisotopic (exact) mass is 327 g/mol. The lowest BCUT2D eigenvalue weighted by Gasteiger charge is -2.34. The summed E-state index contributed by atoms with van der Waals surface area (Å²) in [6, 6.07) is 4.14. The Hall–Kier alpha value is -2.34. The van der Waals surface area contributed by atoms with E-state index >= 15 is 0 Å². The number of rotatable bonds is 3. The van der Waals surface area contributed by atoms with E-state index in [9.17, 15) is 4.79 Å². The van der Waals surface area contributed by atoms with E-state index in [2.05, 4.69) is 34.6 Å². The van der Waals surface area contributed by atoms with E-state index in [1.165, 1.54) is 11.1 Å². The van der Waals surface area contributed by atoms with Crippen molar-refractivity contribution < 1.29 is 14.3 Å². The molecule has 0 saturated heterocycles. The van der Waals surface area contributed by atoms with Gasteiger partial charge in [-0.1, -0.05) is 12.1 Å². The highest BCUT2D eigenvalue weighted by Gasteiger charge is 2.52. The van der Waals surface area contributed by atoms with Crippen molar-refractivity contribution in [1.29, 1.82) is 0 Å². The highest BCUT2D eigenvalue weighted by Crippen LogP contribution is 2.55. The van der Waals surface area contributed by atoms with E-state index in [1.54, 1.807) is 7.11 Å². The molecule has 0 fully saturated rings. The van der Waals surface area contributed by atoms with Crippen LogP contribution in [0.2, 0.25) is 0 Å². The smallest absolute Gasteiger partial charge is 0.227 e. The van der Waals surface area contributed by atoms with Crippen LogP contribution < -0.4 is 14.9 Å². The molecule has 1 amide bonds. The Balaban J connectivity index is 1.85. The molecule has 1 aromatic rings. The van der Waals surface area contributed by atoms with E-state index in [4.69, 9.17) is 9.47 Å². The predicted molar refractivity (Wildman–Crippen MR) is 90.4 cm³/mol. The summed E-state index contributed by atoms with van der Waals surface area (Å²) in [6.45, 7) is 1.91. The summed E-state index contributed by atoms with van der Waals surface area (Å²) in [6.07, 6.45) is 6.44. The molecule has 3 aliphatic rings. The number of methoxy groups -OCH3 is 1. The number of allylic oxidation sites excluding steroid dienone is 1. The van der Waals surface area contributed by atoms with Crippen LogP contribution in [0.15, 0.2) is 29.4 Å². The van der Waals surface area contributed by atoms with Gasteiger partial charge >= 0.3 is 0 Å². The first-order valence-corrected chi connectivity index (χ1v) is 8.18. The Kier molecular flexibility index (Phi) is 3.57. The molecule has 2 unspecified atom stereocenters. The van der Waals surface area contributed by atoms with Crippen LogP contribution in [-0.4, -0.2) is 43.8 Å². The number of carbonyl (C=O) groups excluding carboxylic acids is 1. The average Bonchev–Trinajstić information content (AvgIpc) is 2.85. The molecule has 2 atom stereocenters. The van der Waals surface area contributed by atoms with Crippen molar-refractivity contribution >= 4 is 12.1 Å². The molecule has 1 aromatic carbocycles. The zero-order valence-electron chi connectivity index (χ0n) is 13.9. The zero-order chi connectivity index (χ0) is 16.7. The summed E-state index contributed by atoms with van der Waals surface area (Å²) in [5, 5.41) is 4.10. The number of carbonyl (C=O) groups is 1. The fourth-order valence-electron chi connectivity index (χ4n) is 4.16. The second-order valence-electron chi connectivity index (χ2n) is 6.65. The maximum Gasteiger partial charge on any atom is 0.227 e. The number of amides is 1. The Bertz CT molecular complexity index is 743. The van der Waals surface area contributed by atoms with E-state index in [0.29, 0.717) is 12.8 Å². The summed E-state index contributed by atoms with van der Waals surface area (Å²) in [7, 11) is 3.83. The lowest BCUT2D eigenvalue weighted by Crippen LogP contribution is -2.42. The molecule has 2 heterocycles. The number of hydrogen-bond acceptors (Lipinski definition) is 5. The molecule has 0 bridgehead atoms. The van der Waals surface area contributed by atoms with Gasteiger partial charge in [-0.05, 0) is 37.7 Å². The van der Waals surface area contributed by atoms with Crippen molar-refractivity contribution in [2.75, 3.05) is 20.7 Å². The van der Waals surface area contributed by atoms with E-state index in [0.717, 1.165) is 36.7 Å². The SMILES string of the molecule is COc1ccc2c3c1OC1CC(=NNC=O)C=CC31CCN(C)C2. The standard InChI is InChI=1S/C18H21N3O3/c1-21-8-7-18-6-5-13(20-19-11-22)9-15(18)24-17-14(23-2)4-3-12(10-21)16(17)18/h3-6,11,15H,7-10H2,1-2H3,(H,19,22). The molecule has 6 nitrogen and oxygen atoms in total. The molecular formula is C18H21N3O3. The molecule has 0 saturated carbocycles. The largest absolute Gasteiger partial charge is 0.493 e. The van der Waals surface area contributed by atoms with Crippen LogP contribution in [0.4, 0.5) is 0 Å². The minimum Gasteiger partial charge on any atom is -0.493 e. The van der Waals surface area contributed by atoms with Gasteiger partial charge in [0.25, 0.3) is 0 Å². The van der Waals surface area contributed by atoms with Gasteiger partial charge in [-0.15, -0.1) is 0 Å². The van der Waals surface area contributed by atoms with Crippen molar-refractivity contribution in [3.8, 4) is 11.5 Å². The van der Waals surface area contributed by atoms with Crippen LogP contribution >= 0.6 is 0 Å². The molecule has 2 aliphatic heterocycles. The Labute approximate surface area is 141 Å². The van der Waals surface area contributed by atoms with E-state index < -0.39 is 0 Å². The summed E-state index contributed by atoms with van der Waals surface area (Å²) < 4.78 is 11.9. The first kappa shape index (κ1) is 15.2. The summed E-state index contributed by atoms with van der Waals surface area (Å²) >= 11 is 0. The van der Waals surface area contributed by atoms with Gasteiger partial charge in [-0.3, -0.25) is 4.79 Å². The second-order valence-corrected chi connectivity index (χ2v) is 6.65. The summed E-state index contributed by atoms with van der Waals surface area (Å²) in [5.74, 6) is 1.65. The van der Waals surface area contributed by atoms with E-state index in [1.807, 2.05) is 12.1 Å². The van der Waals surface area contributed by atoms with Crippen molar-refractivity contribution in [2.45, 2.75) is 30.9 Å². The first-order valence-electron chi connectivity index (χ1n) is 8.18. The molecule has 1 spiro atoms. The highest BCUT2D eigenvalue weighted by atomic mass is 16.5. The molecular weight excluding hydrogens is 306 g/mol. The Morgan fingerprint density at radius 3 is 3.17 bits per heavy atom. The van der Waals surface area contributed by atoms with Crippen molar-refractivity contribution in [1.82, 2.24) is 10.3 Å². The topological polar surface area (TPSA) is 63.2 Å². The molecule has 1 N–H and O–H groups in total. The van der Waals surface area contributed by atoms with Crippen LogP contribution in [0.5, 0.6) is 11.5 Å². The number of hydrogen-bond donors (Lipinski definition) is 1.